The van der Waals surface area contributed by atoms with E-state index in [9.17, 15) is 4.79 Å². The average Bonchev–Trinajstić information content (AvgIpc) is 2.58. The predicted octanol–water partition coefficient (Wildman–Crippen LogP) is 0.541. The maximum atomic E-state index is 11.3. The minimum absolute atomic E-state index is 0.184. The first kappa shape index (κ1) is 10.8. The van der Waals surface area contributed by atoms with Crippen molar-refractivity contribution in [2.75, 3.05) is 31.3 Å². The van der Waals surface area contributed by atoms with Gasteiger partial charge in [-0.25, -0.2) is 4.98 Å². The van der Waals surface area contributed by atoms with E-state index in [-0.39, 0.29) is 5.91 Å². The van der Waals surface area contributed by atoms with Crippen molar-refractivity contribution < 1.29 is 4.79 Å². The minimum atomic E-state index is -0.184. The first-order valence-corrected chi connectivity index (χ1v) is 5.11. The number of nitrogen functional groups attached to an aromatic ring is 1. The Morgan fingerprint density at radius 1 is 1.71 bits per heavy atom. The summed E-state index contributed by atoms with van der Waals surface area (Å²) >= 11 is 1.30. The van der Waals surface area contributed by atoms with Crippen LogP contribution in [0.1, 0.15) is 16.6 Å². The SMILES string of the molecule is CCN(C)c1nc(N)c(C(=O)NC)s1. The van der Waals surface area contributed by atoms with E-state index in [0.717, 1.165) is 11.7 Å². The van der Waals surface area contributed by atoms with Gasteiger partial charge in [0, 0.05) is 20.6 Å². The lowest BCUT2D eigenvalue weighted by Crippen LogP contribution is -2.17. The monoisotopic (exact) mass is 214 g/mol. The highest BCUT2D eigenvalue weighted by Gasteiger charge is 2.15. The van der Waals surface area contributed by atoms with Crippen LogP contribution in [-0.2, 0) is 0 Å². The van der Waals surface area contributed by atoms with Crippen molar-refractivity contribution in [3.05, 3.63) is 4.88 Å². The van der Waals surface area contributed by atoms with Gasteiger partial charge in [-0.3, -0.25) is 4.79 Å². The van der Waals surface area contributed by atoms with Crippen molar-refractivity contribution in [2.24, 2.45) is 0 Å². The number of nitrogens with one attached hydrogen (secondary N) is 1. The Labute approximate surface area is 86.9 Å². The second-order valence-electron chi connectivity index (χ2n) is 2.80. The van der Waals surface area contributed by atoms with Crippen molar-refractivity contribution in [1.82, 2.24) is 10.3 Å². The quantitative estimate of drug-likeness (QED) is 0.770. The molecule has 0 saturated carbocycles. The summed E-state index contributed by atoms with van der Waals surface area (Å²) in [7, 11) is 3.48. The van der Waals surface area contributed by atoms with Crippen molar-refractivity contribution in [1.29, 1.82) is 0 Å². The summed E-state index contributed by atoms with van der Waals surface area (Å²) in [4.78, 5) is 17.8. The first-order chi connectivity index (χ1) is 6.60. The number of carbonyl (C=O) groups excluding carboxylic acids is 1. The Bertz CT molecular complexity index is 336. The van der Waals surface area contributed by atoms with Gasteiger partial charge in [-0.1, -0.05) is 11.3 Å². The van der Waals surface area contributed by atoms with Crippen LogP contribution in [-0.4, -0.2) is 31.5 Å². The summed E-state index contributed by atoms with van der Waals surface area (Å²) in [5.74, 6) is 0.111. The lowest BCUT2D eigenvalue weighted by atomic mass is 10.5. The zero-order chi connectivity index (χ0) is 10.7. The zero-order valence-electron chi connectivity index (χ0n) is 8.50. The first-order valence-electron chi connectivity index (χ1n) is 4.29. The van der Waals surface area contributed by atoms with Crippen molar-refractivity contribution >= 4 is 28.2 Å². The van der Waals surface area contributed by atoms with Gasteiger partial charge < -0.3 is 16.0 Å². The molecule has 6 heteroatoms. The van der Waals surface area contributed by atoms with Crippen LogP contribution in [0.3, 0.4) is 0 Å². The smallest absolute Gasteiger partial charge is 0.265 e. The molecule has 0 saturated heterocycles. The molecule has 78 valence electrons. The minimum Gasteiger partial charge on any atom is -0.382 e. The van der Waals surface area contributed by atoms with Crippen LogP contribution in [0, 0.1) is 0 Å². The van der Waals surface area contributed by atoms with Crippen LogP contribution in [0.15, 0.2) is 0 Å². The number of rotatable bonds is 3. The van der Waals surface area contributed by atoms with Crippen molar-refractivity contribution in [3.63, 3.8) is 0 Å². The molecule has 14 heavy (non-hydrogen) atoms. The van der Waals surface area contributed by atoms with Gasteiger partial charge in [-0.15, -0.1) is 0 Å². The lowest BCUT2D eigenvalue weighted by molar-refractivity contribution is 0.0968. The number of hydrogen-bond donors (Lipinski definition) is 2. The van der Waals surface area contributed by atoms with Crippen LogP contribution < -0.4 is 16.0 Å². The van der Waals surface area contributed by atoms with E-state index in [1.165, 1.54) is 11.3 Å². The Morgan fingerprint density at radius 2 is 2.36 bits per heavy atom. The average molecular weight is 214 g/mol. The highest BCUT2D eigenvalue weighted by molar-refractivity contribution is 7.18. The number of thiazole rings is 1. The molecule has 0 fully saturated rings. The van der Waals surface area contributed by atoms with Gasteiger partial charge in [-0.2, -0.15) is 0 Å². The van der Waals surface area contributed by atoms with E-state index in [0.29, 0.717) is 10.7 Å². The molecular weight excluding hydrogens is 200 g/mol. The molecule has 0 aromatic carbocycles. The zero-order valence-corrected chi connectivity index (χ0v) is 9.31. The van der Waals surface area contributed by atoms with Crippen LogP contribution in [0.2, 0.25) is 0 Å². The van der Waals surface area contributed by atoms with Gasteiger partial charge in [0.05, 0.1) is 0 Å². The van der Waals surface area contributed by atoms with Gasteiger partial charge >= 0.3 is 0 Å². The number of nitrogens with zero attached hydrogens (tertiary/aromatic N) is 2. The van der Waals surface area contributed by atoms with Crippen molar-refractivity contribution in [3.8, 4) is 0 Å². The summed E-state index contributed by atoms with van der Waals surface area (Å²) in [5.41, 5.74) is 5.62. The molecule has 5 nitrogen and oxygen atoms in total. The van der Waals surface area contributed by atoms with E-state index in [1.807, 2.05) is 18.9 Å². The Balaban J connectivity index is 2.98. The number of nitrogens with two attached hydrogens (primary N) is 1. The molecule has 1 heterocycles. The molecular formula is C8H14N4OS. The van der Waals surface area contributed by atoms with E-state index < -0.39 is 0 Å². The fourth-order valence-corrected chi connectivity index (χ4v) is 1.85. The molecule has 0 spiro atoms. The van der Waals surface area contributed by atoms with Gasteiger partial charge in [0.2, 0.25) is 0 Å². The Kier molecular flexibility index (Phi) is 3.29. The van der Waals surface area contributed by atoms with Crippen LogP contribution in [0.4, 0.5) is 10.9 Å². The van der Waals surface area contributed by atoms with Crippen LogP contribution in [0.25, 0.3) is 0 Å². The molecule has 0 bridgehead atoms. The summed E-state index contributed by atoms with van der Waals surface area (Å²) in [6.45, 7) is 2.84. The number of amides is 1. The summed E-state index contributed by atoms with van der Waals surface area (Å²) in [5, 5.41) is 3.29. The molecule has 1 rings (SSSR count). The highest BCUT2D eigenvalue weighted by atomic mass is 32.1. The highest BCUT2D eigenvalue weighted by Crippen LogP contribution is 2.26. The third kappa shape index (κ3) is 1.95. The van der Waals surface area contributed by atoms with E-state index in [1.54, 1.807) is 7.05 Å². The molecule has 3 N–H and O–H groups in total. The molecule has 0 aliphatic heterocycles. The fraction of sp³-hybridized carbons (Fsp3) is 0.500. The second-order valence-corrected chi connectivity index (χ2v) is 3.78. The van der Waals surface area contributed by atoms with E-state index >= 15 is 0 Å². The van der Waals surface area contributed by atoms with Crippen LogP contribution >= 0.6 is 11.3 Å². The molecule has 1 aromatic rings. The molecule has 0 unspecified atom stereocenters. The van der Waals surface area contributed by atoms with Gasteiger partial charge in [-0.05, 0) is 6.92 Å². The molecule has 0 aliphatic carbocycles. The molecule has 0 radical (unpaired) electrons. The van der Waals surface area contributed by atoms with Gasteiger partial charge in [0.1, 0.15) is 10.7 Å². The molecule has 0 atom stereocenters. The Hall–Kier alpha value is -1.30. The molecule has 1 amide bonds. The number of hydrogen-bond acceptors (Lipinski definition) is 5. The van der Waals surface area contributed by atoms with Gasteiger partial charge in [0.15, 0.2) is 5.13 Å². The fourth-order valence-electron chi connectivity index (χ4n) is 0.895. The Morgan fingerprint density at radius 3 is 2.86 bits per heavy atom. The third-order valence-corrected chi connectivity index (χ3v) is 3.06. The van der Waals surface area contributed by atoms with E-state index in [2.05, 4.69) is 10.3 Å². The van der Waals surface area contributed by atoms with E-state index in [4.69, 9.17) is 5.73 Å². The lowest BCUT2D eigenvalue weighted by Gasteiger charge is -2.10. The summed E-state index contributed by atoms with van der Waals surface area (Å²) in [6.07, 6.45) is 0. The number of anilines is 2. The normalized spacial score (nSPS) is 9.93. The molecule has 1 aromatic heterocycles. The third-order valence-electron chi connectivity index (χ3n) is 1.88. The predicted molar refractivity (Wildman–Crippen MR) is 58.9 cm³/mol. The summed E-state index contributed by atoms with van der Waals surface area (Å²) in [6, 6.07) is 0. The van der Waals surface area contributed by atoms with Crippen LogP contribution in [0.5, 0.6) is 0 Å². The standard InChI is InChI=1S/C8H14N4OS/c1-4-12(3)8-11-6(9)5(14-8)7(13)10-2/h4,9H2,1-3H3,(H,10,13). The topological polar surface area (TPSA) is 71.2 Å². The van der Waals surface area contributed by atoms with Crippen molar-refractivity contribution in [2.45, 2.75) is 6.92 Å². The number of carbonyl (C=O) groups is 1. The maximum Gasteiger partial charge on any atom is 0.265 e. The van der Waals surface area contributed by atoms with Gasteiger partial charge in [0.25, 0.3) is 5.91 Å². The summed E-state index contributed by atoms with van der Waals surface area (Å²) < 4.78 is 0. The largest absolute Gasteiger partial charge is 0.382 e. The maximum absolute atomic E-state index is 11.3. The second kappa shape index (κ2) is 4.28. The molecule has 0 aliphatic rings. The number of aromatic nitrogens is 1.